The van der Waals surface area contributed by atoms with Crippen LogP contribution in [0.15, 0.2) is 36.5 Å². The van der Waals surface area contributed by atoms with Crippen LogP contribution in [0.4, 0.5) is 5.69 Å². The Bertz CT molecular complexity index is 689. The molecule has 0 saturated heterocycles. The number of rotatable bonds is 4. The SMILES string of the molecule is O=C(O)c1cc(Oc2ccccc2[N+](=O)[O-])ncc1Cl. The summed E-state index contributed by atoms with van der Waals surface area (Å²) < 4.78 is 5.24. The summed E-state index contributed by atoms with van der Waals surface area (Å²) in [6, 6.07) is 6.79. The van der Waals surface area contributed by atoms with Crippen molar-refractivity contribution in [2.75, 3.05) is 0 Å². The second-order valence-corrected chi connectivity index (χ2v) is 4.04. The number of hydrogen-bond acceptors (Lipinski definition) is 5. The molecule has 1 N–H and O–H groups in total. The van der Waals surface area contributed by atoms with Gasteiger partial charge in [-0.25, -0.2) is 9.78 Å². The second kappa shape index (κ2) is 5.54. The van der Waals surface area contributed by atoms with Gasteiger partial charge in [0.1, 0.15) is 0 Å². The van der Waals surface area contributed by atoms with Crippen molar-refractivity contribution in [2.24, 2.45) is 0 Å². The highest BCUT2D eigenvalue weighted by atomic mass is 35.5. The summed E-state index contributed by atoms with van der Waals surface area (Å²) in [4.78, 5) is 24.9. The normalized spacial score (nSPS) is 10.1. The average Bonchev–Trinajstić information content (AvgIpc) is 2.41. The van der Waals surface area contributed by atoms with Crippen LogP contribution in [0.25, 0.3) is 0 Å². The molecule has 102 valence electrons. The van der Waals surface area contributed by atoms with Crippen molar-refractivity contribution in [3.8, 4) is 11.6 Å². The second-order valence-electron chi connectivity index (χ2n) is 3.63. The van der Waals surface area contributed by atoms with E-state index in [1.54, 1.807) is 6.07 Å². The largest absolute Gasteiger partial charge is 0.478 e. The van der Waals surface area contributed by atoms with E-state index >= 15 is 0 Å². The van der Waals surface area contributed by atoms with Crippen LogP contribution in [-0.2, 0) is 0 Å². The maximum Gasteiger partial charge on any atom is 0.337 e. The summed E-state index contributed by atoms with van der Waals surface area (Å²) >= 11 is 5.67. The summed E-state index contributed by atoms with van der Waals surface area (Å²) in [5.41, 5.74) is -0.448. The lowest BCUT2D eigenvalue weighted by Crippen LogP contribution is -2.00. The Morgan fingerprint density at radius 3 is 2.75 bits per heavy atom. The van der Waals surface area contributed by atoms with Gasteiger partial charge in [0.2, 0.25) is 11.6 Å². The first-order valence-corrected chi connectivity index (χ1v) is 5.67. The Morgan fingerprint density at radius 2 is 2.10 bits per heavy atom. The third kappa shape index (κ3) is 2.83. The Balaban J connectivity index is 2.38. The van der Waals surface area contributed by atoms with Crippen LogP contribution in [-0.4, -0.2) is 21.0 Å². The number of ether oxygens (including phenoxy) is 1. The van der Waals surface area contributed by atoms with Gasteiger partial charge in [0.15, 0.2) is 0 Å². The van der Waals surface area contributed by atoms with E-state index in [1.807, 2.05) is 0 Å². The zero-order valence-corrected chi connectivity index (χ0v) is 10.6. The van der Waals surface area contributed by atoms with Gasteiger partial charge in [0.25, 0.3) is 0 Å². The molecule has 0 atom stereocenters. The number of carboxylic acids is 1. The maximum absolute atomic E-state index is 10.9. The van der Waals surface area contributed by atoms with E-state index in [9.17, 15) is 14.9 Å². The molecule has 1 heterocycles. The van der Waals surface area contributed by atoms with Crippen LogP contribution in [0.5, 0.6) is 11.6 Å². The minimum absolute atomic E-state index is 0.0383. The first-order valence-electron chi connectivity index (χ1n) is 5.29. The van der Waals surface area contributed by atoms with Crippen LogP contribution >= 0.6 is 11.6 Å². The molecule has 2 rings (SSSR count). The molecule has 0 saturated carbocycles. The van der Waals surface area contributed by atoms with Gasteiger partial charge in [-0.15, -0.1) is 0 Å². The maximum atomic E-state index is 10.9. The van der Waals surface area contributed by atoms with Gasteiger partial charge < -0.3 is 9.84 Å². The van der Waals surface area contributed by atoms with Crippen molar-refractivity contribution in [2.45, 2.75) is 0 Å². The van der Waals surface area contributed by atoms with Gasteiger partial charge in [0.05, 0.1) is 21.7 Å². The van der Waals surface area contributed by atoms with Gasteiger partial charge in [-0.3, -0.25) is 10.1 Å². The summed E-state index contributed by atoms with van der Waals surface area (Å²) in [6.45, 7) is 0. The first kappa shape index (κ1) is 13.8. The quantitative estimate of drug-likeness (QED) is 0.686. The number of carbonyl (C=O) groups is 1. The van der Waals surface area contributed by atoms with E-state index in [-0.39, 0.29) is 27.9 Å². The molecule has 0 aliphatic rings. The Labute approximate surface area is 117 Å². The van der Waals surface area contributed by atoms with Gasteiger partial charge in [0, 0.05) is 12.1 Å². The average molecular weight is 295 g/mol. The van der Waals surface area contributed by atoms with Crippen LogP contribution in [0.2, 0.25) is 5.02 Å². The monoisotopic (exact) mass is 294 g/mol. The van der Waals surface area contributed by atoms with E-state index in [2.05, 4.69) is 4.98 Å². The van der Waals surface area contributed by atoms with E-state index in [0.29, 0.717) is 0 Å². The minimum Gasteiger partial charge on any atom is -0.478 e. The molecule has 0 spiro atoms. The summed E-state index contributed by atoms with van der Waals surface area (Å²) in [7, 11) is 0. The highest BCUT2D eigenvalue weighted by Gasteiger charge is 2.17. The molecule has 1 aromatic heterocycles. The molecule has 0 radical (unpaired) electrons. The molecule has 0 unspecified atom stereocenters. The topological polar surface area (TPSA) is 103 Å². The number of halogens is 1. The van der Waals surface area contributed by atoms with E-state index in [0.717, 1.165) is 12.3 Å². The molecule has 0 fully saturated rings. The molecule has 1 aromatic carbocycles. The number of hydrogen-bond donors (Lipinski definition) is 1. The zero-order valence-electron chi connectivity index (χ0n) is 9.82. The number of carboxylic acid groups (broad SMARTS) is 1. The number of nitrogens with zero attached hydrogens (tertiary/aromatic N) is 2. The number of pyridine rings is 1. The lowest BCUT2D eigenvalue weighted by Gasteiger charge is -2.06. The molecule has 8 heteroatoms. The number of benzene rings is 1. The van der Waals surface area contributed by atoms with Crippen molar-refractivity contribution in [1.82, 2.24) is 4.98 Å². The number of aromatic nitrogens is 1. The number of para-hydroxylation sites is 2. The lowest BCUT2D eigenvalue weighted by atomic mass is 10.2. The standard InChI is InChI=1S/C12H7ClN2O5/c13-8-6-14-11(5-7(8)12(16)17)20-10-4-2-1-3-9(10)15(18)19/h1-6H,(H,16,17). The molecule has 0 bridgehead atoms. The Hall–Kier alpha value is -2.67. The van der Waals surface area contributed by atoms with Gasteiger partial charge >= 0.3 is 11.7 Å². The number of aromatic carboxylic acids is 1. The highest BCUT2D eigenvalue weighted by molar-refractivity contribution is 6.33. The fourth-order valence-corrected chi connectivity index (χ4v) is 1.63. The summed E-state index contributed by atoms with van der Waals surface area (Å²) in [5, 5.41) is 19.7. The molecular weight excluding hydrogens is 288 g/mol. The molecule has 0 aliphatic carbocycles. The van der Waals surface area contributed by atoms with E-state index in [4.69, 9.17) is 21.4 Å². The summed E-state index contributed by atoms with van der Waals surface area (Å²) in [5.74, 6) is -1.38. The Kier molecular flexibility index (Phi) is 3.81. The van der Waals surface area contributed by atoms with Crippen LogP contribution in [0.1, 0.15) is 10.4 Å². The fourth-order valence-electron chi connectivity index (χ4n) is 1.45. The fraction of sp³-hybridized carbons (Fsp3) is 0. The third-order valence-corrected chi connectivity index (χ3v) is 2.64. The van der Waals surface area contributed by atoms with Crippen molar-refractivity contribution < 1.29 is 19.6 Å². The van der Waals surface area contributed by atoms with Gasteiger partial charge in [-0.2, -0.15) is 0 Å². The molecule has 7 nitrogen and oxygen atoms in total. The molecule has 2 aromatic rings. The van der Waals surface area contributed by atoms with Crippen molar-refractivity contribution in [1.29, 1.82) is 0 Å². The molecule has 0 aliphatic heterocycles. The number of nitro benzene ring substituents is 1. The predicted molar refractivity (Wildman–Crippen MR) is 69.4 cm³/mol. The lowest BCUT2D eigenvalue weighted by molar-refractivity contribution is -0.385. The third-order valence-electron chi connectivity index (χ3n) is 2.34. The first-order chi connectivity index (χ1) is 9.49. The smallest absolute Gasteiger partial charge is 0.337 e. The number of nitro groups is 1. The van der Waals surface area contributed by atoms with Gasteiger partial charge in [-0.05, 0) is 6.07 Å². The molecule has 20 heavy (non-hydrogen) atoms. The van der Waals surface area contributed by atoms with Crippen molar-refractivity contribution in [3.63, 3.8) is 0 Å². The zero-order chi connectivity index (χ0) is 14.7. The summed E-state index contributed by atoms with van der Waals surface area (Å²) in [6.07, 6.45) is 1.11. The van der Waals surface area contributed by atoms with Gasteiger partial charge in [-0.1, -0.05) is 23.7 Å². The van der Waals surface area contributed by atoms with E-state index in [1.165, 1.54) is 18.2 Å². The molecular formula is C12H7ClN2O5. The highest BCUT2D eigenvalue weighted by Crippen LogP contribution is 2.31. The van der Waals surface area contributed by atoms with Crippen LogP contribution < -0.4 is 4.74 Å². The van der Waals surface area contributed by atoms with Crippen LogP contribution in [0.3, 0.4) is 0 Å². The molecule has 0 amide bonds. The van der Waals surface area contributed by atoms with Crippen molar-refractivity contribution >= 4 is 23.3 Å². The van der Waals surface area contributed by atoms with Crippen molar-refractivity contribution in [3.05, 3.63) is 57.2 Å². The predicted octanol–water partition coefficient (Wildman–Crippen LogP) is 3.13. The van der Waals surface area contributed by atoms with E-state index < -0.39 is 10.9 Å². The van der Waals surface area contributed by atoms with Crippen LogP contribution in [0, 0.1) is 10.1 Å². The Morgan fingerprint density at radius 1 is 1.40 bits per heavy atom. The minimum atomic E-state index is -1.25.